The Bertz CT molecular complexity index is 718. The maximum atomic E-state index is 5.59. The minimum atomic E-state index is 0.607. The van der Waals surface area contributed by atoms with Crippen LogP contribution in [0.15, 0.2) is 40.8 Å². The largest absolute Gasteiger partial charge is 0.438 e. The van der Waals surface area contributed by atoms with Crippen molar-refractivity contribution in [2.24, 2.45) is 0 Å². The molecule has 0 aliphatic carbocycles. The van der Waals surface area contributed by atoms with Crippen LogP contribution in [0.4, 0.5) is 0 Å². The molecular formula is C15H15N3O. The standard InChI is InChI=1S/C15H15N3O/c1-10-4-3-5-11(8-10)12-6-7-13-15(17-12)18-14(19-13)9-16-2/h3-8,16H,9H2,1-2H3. The van der Waals surface area contributed by atoms with Crippen LogP contribution in [0.2, 0.25) is 0 Å². The molecule has 4 heteroatoms. The first-order chi connectivity index (χ1) is 9.26. The quantitative estimate of drug-likeness (QED) is 0.779. The van der Waals surface area contributed by atoms with Crippen LogP contribution in [-0.4, -0.2) is 17.0 Å². The molecule has 4 nitrogen and oxygen atoms in total. The van der Waals surface area contributed by atoms with Crippen LogP contribution < -0.4 is 5.32 Å². The van der Waals surface area contributed by atoms with Crippen LogP contribution in [0, 0.1) is 6.92 Å². The summed E-state index contributed by atoms with van der Waals surface area (Å²) >= 11 is 0. The Balaban J connectivity index is 2.05. The second kappa shape index (κ2) is 4.82. The molecule has 0 aliphatic heterocycles. The molecular weight excluding hydrogens is 238 g/mol. The number of benzene rings is 1. The van der Waals surface area contributed by atoms with Gasteiger partial charge in [-0.05, 0) is 32.2 Å². The maximum Gasteiger partial charge on any atom is 0.211 e. The average molecular weight is 253 g/mol. The smallest absolute Gasteiger partial charge is 0.211 e. The molecule has 0 amide bonds. The first-order valence-electron chi connectivity index (χ1n) is 6.24. The van der Waals surface area contributed by atoms with Crippen LogP contribution >= 0.6 is 0 Å². The van der Waals surface area contributed by atoms with Crippen LogP contribution in [0.3, 0.4) is 0 Å². The zero-order chi connectivity index (χ0) is 13.2. The third-order valence-corrected chi connectivity index (χ3v) is 2.94. The molecule has 1 aromatic carbocycles. The fourth-order valence-electron chi connectivity index (χ4n) is 2.06. The zero-order valence-corrected chi connectivity index (χ0v) is 11.0. The third-order valence-electron chi connectivity index (χ3n) is 2.94. The maximum absolute atomic E-state index is 5.59. The highest BCUT2D eigenvalue weighted by molar-refractivity contribution is 5.73. The average Bonchev–Trinajstić information content (AvgIpc) is 2.80. The van der Waals surface area contributed by atoms with Gasteiger partial charge in [-0.15, -0.1) is 0 Å². The summed E-state index contributed by atoms with van der Waals surface area (Å²) < 4.78 is 5.59. The second-order valence-corrected chi connectivity index (χ2v) is 4.53. The van der Waals surface area contributed by atoms with Gasteiger partial charge in [-0.1, -0.05) is 23.8 Å². The lowest BCUT2D eigenvalue weighted by Crippen LogP contribution is -2.04. The summed E-state index contributed by atoms with van der Waals surface area (Å²) in [6, 6.07) is 12.2. The van der Waals surface area contributed by atoms with Crippen molar-refractivity contribution in [3.8, 4) is 11.3 Å². The molecule has 3 aromatic rings. The normalized spacial score (nSPS) is 11.1. The highest BCUT2D eigenvalue weighted by atomic mass is 16.3. The van der Waals surface area contributed by atoms with E-state index in [0.717, 1.165) is 16.8 Å². The van der Waals surface area contributed by atoms with Gasteiger partial charge in [0.1, 0.15) is 0 Å². The van der Waals surface area contributed by atoms with Crippen molar-refractivity contribution in [1.29, 1.82) is 0 Å². The van der Waals surface area contributed by atoms with E-state index in [4.69, 9.17) is 4.42 Å². The molecule has 0 spiro atoms. The Labute approximate surface area is 111 Å². The molecule has 0 saturated heterocycles. The van der Waals surface area contributed by atoms with E-state index in [2.05, 4.69) is 40.4 Å². The number of rotatable bonds is 3. The van der Waals surface area contributed by atoms with Crippen molar-refractivity contribution >= 4 is 11.2 Å². The predicted octanol–water partition coefficient (Wildman–Crippen LogP) is 2.92. The number of oxazole rings is 1. The number of pyridine rings is 1. The van der Waals surface area contributed by atoms with E-state index < -0.39 is 0 Å². The van der Waals surface area contributed by atoms with Gasteiger partial charge in [-0.2, -0.15) is 4.98 Å². The Morgan fingerprint density at radius 1 is 1.16 bits per heavy atom. The number of aromatic nitrogens is 2. The number of fused-ring (bicyclic) bond motifs is 1. The minimum absolute atomic E-state index is 0.607. The third kappa shape index (κ3) is 2.35. The van der Waals surface area contributed by atoms with E-state index in [-0.39, 0.29) is 0 Å². The molecule has 0 fully saturated rings. The van der Waals surface area contributed by atoms with Crippen molar-refractivity contribution in [3.05, 3.63) is 47.9 Å². The SMILES string of the molecule is CNCc1nc2nc(-c3cccc(C)c3)ccc2o1. The molecule has 96 valence electrons. The summed E-state index contributed by atoms with van der Waals surface area (Å²) in [6.07, 6.45) is 0. The molecule has 0 aliphatic rings. The first-order valence-corrected chi connectivity index (χ1v) is 6.24. The van der Waals surface area contributed by atoms with Gasteiger partial charge in [0, 0.05) is 5.56 Å². The summed E-state index contributed by atoms with van der Waals surface area (Å²) in [5.41, 5.74) is 4.61. The van der Waals surface area contributed by atoms with Gasteiger partial charge in [0.25, 0.3) is 0 Å². The van der Waals surface area contributed by atoms with Crippen LogP contribution in [0.1, 0.15) is 11.5 Å². The molecule has 1 N–H and O–H groups in total. The summed E-state index contributed by atoms with van der Waals surface area (Å²) in [5.74, 6) is 0.659. The van der Waals surface area contributed by atoms with Gasteiger partial charge in [0.2, 0.25) is 5.89 Å². The molecule has 0 bridgehead atoms. The number of nitrogens with zero attached hydrogens (tertiary/aromatic N) is 2. The molecule has 0 saturated carbocycles. The zero-order valence-electron chi connectivity index (χ0n) is 11.0. The van der Waals surface area contributed by atoms with E-state index in [1.54, 1.807) is 0 Å². The van der Waals surface area contributed by atoms with Crippen LogP contribution in [0.25, 0.3) is 22.5 Å². The van der Waals surface area contributed by atoms with Crippen molar-refractivity contribution in [2.75, 3.05) is 7.05 Å². The minimum Gasteiger partial charge on any atom is -0.438 e. The molecule has 2 heterocycles. The Morgan fingerprint density at radius 3 is 2.84 bits per heavy atom. The molecule has 0 unspecified atom stereocenters. The summed E-state index contributed by atoms with van der Waals surface area (Å²) in [6.45, 7) is 2.68. The van der Waals surface area contributed by atoms with Gasteiger partial charge < -0.3 is 9.73 Å². The Hall–Kier alpha value is -2.20. The topological polar surface area (TPSA) is 51.0 Å². The van der Waals surface area contributed by atoms with Crippen LogP contribution in [-0.2, 0) is 6.54 Å². The lowest BCUT2D eigenvalue weighted by molar-refractivity contribution is 0.511. The molecule has 0 atom stereocenters. The second-order valence-electron chi connectivity index (χ2n) is 4.53. The molecule has 19 heavy (non-hydrogen) atoms. The number of aryl methyl sites for hydroxylation is 1. The van der Waals surface area contributed by atoms with E-state index in [1.807, 2.05) is 25.2 Å². The molecule has 2 aromatic heterocycles. The summed E-state index contributed by atoms with van der Waals surface area (Å²) in [5, 5.41) is 3.01. The highest BCUT2D eigenvalue weighted by Crippen LogP contribution is 2.22. The van der Waals surface area contributed by atoms with E-state index in [1.165, 1.54) is 5.56 Å². The lowest BCUT2D eigenvalue weighted by Gasteiger charge is -2.01. The summed E-state index contributed by atoms with van der Waals surface area (Å²) in [7, 11) is 1.86. The van der Waals surface area contributed by atoms with Gasteiger partial charge in [0.15, 0.2) is 11.2 Å². The Kier molecular flexibility index (Phi) is 3.01. The van der Waals surface area contributed by atoms with Gasteiger partial charge >= 0.3 is 0 Å². The fourth-order valence-corrected chi connectivity index (χ4v) is 2.06. The predicted molar refractivity (Wildman–Crippen MR) is 74.7 cm³/mol. The van der Waals surface area contributed by atoms with Crippen LogP contribution in [0.5, 0.6) is 0 Å². The fraction of sp³-hybridized carbons (Fsp3) is 0.200. The van der Waals surface area contributed by atoms with Crippen molar-refractivity contribution in [3.63, 3.8) is 0 Å². The molecule has 3 rings (SSSR count). The van der Waals surface area contributed by atoms with Crippen molar-refractivity contribution in [2.45, 2.75) is 13.5 Å². The monoisotopic (exact) mass is 253 g/mol. The van der Waals surface area contributed by atoms with E-state index in [0.29, 0.717) is 18.1 Å². The van der Waals surface area contributed by atoms with Gasteiger partial charge in [-0.3, -0.25) is 0 Å². The number of nitrogens with one attached hydrogen (secondary N) is 1. The highest BCUT2D eigenvalue weighted by Gasteiger charge is 2.08. The Morgan fingerprint density at radius 2 is 2.05 bits per heavy atom. The van der Waals surface area contributed by atoms with Crippen molar-refractivity contribution in [1.82, 2.24) is 15.3 Å². The number of hydrogen-bond donors (Lipinski definition) is 1. The van der Waals surface area contributed by atoms with Gasteiger partial charge in [-0.25, -0.2) is 4.98 Å². The van der Waals surface area contributed by atoms with E-state index in [9.17, 15) is 0 Å². The summed E-state index contributed by atoms with van der Waals surface area (Å²) in [4.78, 5) is 8.93. The van der Waals surface area contributed by atoms with E-state index >= 15 is 0 Å². The molecule has 0 radical (unpaired) electrons. The van der Waals surface area contributed by atoms with Gasteiger partial charge in [0.05, 0.1) is 12.2 Å². The van der Waals surface area contributed by atoms with Crippen molar-refractivity contribution < 1.29 is 4.42 Å². The lowest BCUT2D eigenvalue weighted by atomic mass is 10.1. The first kappa shape index (κ1) is 11.9. The number of hydrogen-bond acceptors (Lipinski definition) is 4.